The molecule has 0 aliphatic rings. The molecule has 1 heterocycles. The number of amides is 6. The van der Waals surface area contributed by atoms with Gasteiger partial charge in [-0.3, -0.25) is 14.4 Å². The maximum Gasteiger partial charge on any atom is 0.407 e. The third kappa shape index (κ3) is 42.7. The lowest BCUT2D eigenvalue weighted by molar-refractivity contribution is -0.133. The minimum Gasteiger partial charge on any atom is -0.445 e. The summed E-state index contributed by atoms with van der Waals surface area (Å²) in [6.07, 6.45) is 1.45. The first-order valence-corrected chi connectivity index (χ1v) is 27.9. The first kappa shape index (κ1) is 73.4. The minimum atomic E-state index is -1.04. The quantitative estimate of drug-likeness (QED) is 0.0300. The number of nitrogens with two attached hydrogens (primary N) is 1. The van der Waals surface area contributed by atoms with Gasteiger partial charge in [-0.05, 0) is 43.4 Å². The van der Waals surface area contributed by atoms with Gasteiger partial charge in [0.15, 0.2) is 6.61 Å². The Morgan fingerprint density at radius 3 is 1.47 bits per heavy atom. The highest BCUT2D eigenvalue weighted by atomic mass is 16.6. The van der Waals surface area contributed by atoms with Crippen LogP contribution in [0.25, 0.3) is 0 Å². The zero-order valence-electron chi connectivity index (χ0n) is 48.7. The Morgan fingerprint density at radius 2 is 1.05 bits per heavy atom. The number of rotatable bonds is 57. The van der Waals surface area contributed by atoms with Gasteiger partial charge in [0.05, 0.1) is 184 Å². The van der Waals surface area contributed by atoms with Gasteiger partial charge < -0.3 is 103 Å². The van der Waals surface area contributed by atoms with E-state index in [4.69, 9.17) is 72.0 Å². The largest absolute Gasteiger partial charge is 0.445 e. The van der Waals surface area contributed by atoms with Crippen molar-refractivity contribution in [3.63, 3.8) is 0 Å². The average molecular weight is 1190 g/mol. The van der Waals surface area contributed by atoms with Gasteiger partial charge in [0, 0.05) is 25.6 Å². The second-order valence-electron chi connectivity index (χ2n) is 17.8. The maximum atomic E-state index is 13.4. The third-order valence-corrected chi connectivity index (χ3v) is 10.9. The SMILES string of the molecule is C=NOCC(=O)N[C@H](C(=O)N[C@@H](CCCNC(N)=O)C(=O)Nc1ccc(COC(=O)NCc2cn(CCOCCOCCOCCOCCOCCOCCOCCOCCOCCOCCOCCOCCOCC)nn2)cc1)C(C)C. The summed E-state index contributed by atoms with van der Waals surface area (Å²) in [6.45, 7) is 21.3. The Kier molecular flexibility index (Phi) is 45.8. The van der Waals surface area contributed by atoms with Crippen LogP contribution < -0.4 is 32.3 Å². The fourth-order valence-corrected chi connectivity index (χ4v) is 6.65. The second-order valence-corrected chi connectivity index (χ2v) is 17.8. The van der Waals surface area contributed by atoms with Crippen LogP contribution in [0.1, 0.15) is 44.9 Å². The highest BCUT2D eigenvalue weighted by Gasteiger charge is 2.29. The van der Waals surface area contributed by atoms with Gasteiger partial charge in [0.1, 0.15) is 24.4 Å². The number of primary amides is 1. The summed E-state index contributed by atoms with van der Waals surface area (Å²) in [5.41, 5.74) is 6.71. The van der Waals surface area contributed by atoms with Crippen molar-refractivity contribution in [2.75, 3.05) is 190 Å². The Bertz CT molecular complexity index is 1960. The van der Waals surface area contributed by atoms with E-state index in [0.29, 0.717) is 202 Å². The van der Waals surface area contributed by atoms with Crippen molar-refractivity contribution in [3.8, 4) is 0 Å². The zero-order valence-corrected chi connectivity index (χ0v) is 48.7. The van der Waals surface area contributed by atoms with Crippen LogP contribution in [-0.4, -0.2) is 249 Å². The molecule has 6 amide bonds. The molecular formula is C53H92N10O20. The molecule has 0 aliphatic carbocycles. The van der Waals surface area contributed by atoms with E-state index in [9.17, 15) is 24.0 Å². The third-order valence-electron chi connectivity index (χ3n) is 10.9. The second kappa shape index (κ2) is 51.9. The van der Waals surface area contributed by atoms with Crippen LogP contribution in [0.5, 0.6) is 0 Å². The molecule has 0 fully saturated rings. The van der Waals surface area contributed by atoms with E-state index in [0.717, 1.165) is 0 Å². The molecule has 7 N–H and O–H groups in total. The Balaban J connectivity index is 1.39. The molecule has 0 unspecified atom stereocenters. The number of benzene rings is 1. The van der Waals surface area contributed by atoms with Gasteiger partial charge >= 0.3 is 12.1 Å². The molecule has 0 aliphatic heterocycles. The normalized spacial score (nSPS) is 12.0. The first-order chi connectivity index (χ1) is 40.5. The van der Waals surface area contributed by atoms with E-state index in [1.165, 1.54) is 0 Å². The molecule has 30 heteroatoms. The predicted molar refractivity (Wildman–Crippen MR) is 299 cm³/mol. The number of hydrogen-bond donors (Lipinski definition) is 6. The molecule has 30 nitrogen and oxygen atoms in total. The van der Waals surface area contributed by atoms with Gasteiger partial charge in [-0.25, -0.2) is 14.3 Å². The number of alkyl carbamates (subject to hydrolysis) is 1. The zero-order chi connectivity index (χ0) is 60.1. The summed E-state index contributed by atoms with van der Waals surface area (Å²) >= 11 is 0. The number of ether oxygens (including phenoxy) is 14. The molecule has 2 rings (SSSR count). The van der Waals surface area contributed by atoms with Gasteiger partial charge in [0.2, 0.25) is 11.8 Å². The van der Waals surface area contributed by atoms with Crippen molar-refractivity contribution >= 4 is 42.3 Å². The summed E-state index contributed by atoms with van der Waals surface area (Å²) in [6, 6.07) is 3.79. The van der Waals surface area contributed by atoms with Crippen LogP contribution in [0.3, 0.4) is 0 Å². The fraction of sp³-hybridized carbons (Fsp3) is 0.736. The molecule has 0 saturated carbocycles. The highest BCUT2D eigenvalue weighted by molar-refractivity contribution is 5.98. The lowest BCUT2D eigenvalue weighted by Gasteiger charge is -2.25. The van der Waals surface area contributed by atoms with Gasteiger partial charge in [-0.1, -0.05) is 31.2 Å². The van der Waals surface area contributed by atoms with E-state index < -0.39 is 48.5 Å². The van der Waals surface area contributed by atoms with Crippen molar-refractivity contribution in [1.29, 1.82) is 0 Å². The number of urea groups is 1. The summed E-state index contributed by atoms with van der Waals surface area (Å²) in [5, 5.41) is 24.4. The fourth-order valence-electron chi connectivity index (χ4n) is 6.65. The molecule has 474 valence electrons. The highest BCUT2D eigenvalue weighted by Crippen LogP contribution is 2.13. The molecule has 83 heavy (non-hydrogen) atoms. The number of aromatic nitrogens is 3. The van der Waals surface area contributed by atoms with E-state index in [1.807, 2.05) is 6.92 Å². The maximum absolute atomic E-state index is 13.4. The van der Waals surface area contributed by atoms with Crippen LogP contribution in [0.4, 0.5) is 15.3 Å². The van der Waals surface area contributed by atoms with Crippen molar-refractivity contribution in [3.05, 3.63) is 41.7 Å². The molecule has 0 saturated heterocycles. The van der Waals surface area contributed by atoms with Crippen LogP contribution in [0.2, 0.25) is 0 Å². The van der Waals surface area contributed by atoms with Gasteiger partial charge in [0.25, 0.3) is 5.91 Å². The number of oxime groups is 1. The number of nitrogens with one attached hydrogen (secondary N) is 5. The Hall–Kier alpha value is -5.74. The molecule has 0 bridgehead atoms. The lowest BCUT2D eigenvalue weighted by atomic mass is 10.0. The molecule has 1 aromatic heterocycles. The van der Waals surface area contributed by atoms with Crippen LogP contribution >= 0.6 is 0 Å². The number of anilines is 1. The first-order valence-electron chi connectivity index (χ1n) is 27.9. The average Bonchev–Trinajstić information content (AvgIpc) is 4.01. The summed E-state index contributed by atoms with van der Waals surface area (Å²) in [7, 11) is 0. The van der Waals surface area contributed by atoms with E-state index in [1.54, 1.807) is 49.0 Å². The molecule has 0 radical (unpaired) electrons. The lowest BCUT2D eigenvalue weighted by Crippen LogP contribution is -2.55. The van der Waals surface area contributed by atoms with Crippen LogP contribution in [-0.2, 0) is 105 Å². The Morgan fingerprint density at radius 1 is 0.602 bits per heavy atom. The van der Waals surface area contributed by atoms with E-state index in [2.05, 4.69) is 53.6 Å². The number of nitrogens with zero attached hydrogens (tertiary/aromatic N) is 4. The van der Waals surface area contributed by atoms with Gasteiger partial charge in [-0.15, -0.1) is 10.3 Å². The standard InChI is InChI=1S/C53H92N10O20/c1-5-69-15-16-71-19-20-73-23-24-75-27-28-77-31-32-79-35-36-81-38-37-80-34-33-78-30-29-76-26-25-74-22-21-72-18-17-70-14-13-63-40-46(61-62-63)39-57-53(68)82-41-44-8-10-45(11-9-44)58-50(65)47(7-6-12-56-52(54)67)59-51(66)49(43(2)3)60-48(64)42-83-55-4/h8-11,40,43,47,49H,4-7,12-39,41-42H2,1-3H3,(H,57,68)(H,58,65)(H,59,66)(H,60,64)(H3,54,56,67)/t47-,49-/m0/s1. The molecule has 2 atom stereocenters. The summed E-state index contributed by atoms with van der Waals surface area (Å²) in [4.78, 5) is 67.1. The van der Waals surface area contributed by atoms with Crippen LogP contribution in [0, 0.1) is 5.92 Å². The molecular weight excluding hydrogens is 1100 g/mol. The number of hydrogen-bond acceptors (Lipinski definition) is 23. The number of carbonyl (C=O) groups is 5. The van der Waals surface area contributed by atoms with Crippen LogP contribution in [0.15, 0.2) is 35.6 Å². The van der Waals surface area contributed by atoms with Crippen molar-refractivity contribution < 1.29 is 95.1 Å². The molecule has 1 aromatic carbocycles. The van der Waals surface area contributed by atoms with Gasteiger partial charge in [-0.2, -0.15) is 0 Å². The summed E-state index contributed by atoms with van der Waals surface area (Å²) < 4.78 is 78.2. The predicted octanol–water partition coefficient (Wildman–Crippen LogP) is 0.585. The minimum absolute atomic E-state index is 0.0615. The molecule has 2 aromatic rings. The summed E-state index contributed by atoms with van der Waals surface area (Å²) in [5.74, 6) is -2.08. The van der Waals surface area contributed by atoms with Crippen molar-refractivity contribution in [1.82, 2.24) is 36.3 Å². The monoisotopic (exact) mass is 1190 g/mol. The Labute approximate surface area is 486 Å². The van der Waals surface area contributed by atoms with Crippen molar-refractivity contribution in [2.45, 2.75) is 65.4 Å². The smallest absolute Gasteiger partial charge is 0.407 e. The molecule has 0 spiro atoms. The topological polar surface area (TPSA) is 353 Å². The van der Waals surface area contributed by atoms with E-state index in [-0.39, 0.29) is 32.0 Å². The van der Waals surface area contributed by atoms with E-state index >= 15 is 0 Å². The number of carbonyl (C=O) groups excluding carboxylic acids is 5. The van der Waals surface area contributed by atoms with Crippen molar-refractivity contribution in [2.24, 2.45) is 16.8 Å².